The molecule has 2 unspecified atom stereocenters. The van der Waals surface area contributed by atoms with Crippen LogP contribution in [0.25, 0.3) is 0 Å². The fraction of sp³-hybridized carbons (Fsp3) is 0.231. The second-order valence-corrected chi connectivity index (χ2v) is 4.72. The molecule has 1 aromatic carbocycles. The van der Waals surface area contributed by atoms with Gasteiger partial charge in [-0.3, -0.25) is 10.1 Å². The highest BCUT2D eigenvalue weighted by Crippen LogP contribution is 2.42. The predicted molar refractivity (Wildman–Crippen MR) is 74.3 cm³/mol. The summed E-state index contributed by atoms with van der Waals surface area (Å²) in [7, 11) is 0. The highest BCUT2D eigenvalue weighted by molar-refractivity contribution is 5.53. The van der Waals surface area contributed by atoms with E-state index in [1.54, 1.807) is 0 Å². The third-order valence-corrected chi connectivity index (χ3v) is 3.33. The Morgan fingerprint density at radius 1 is 1.35 bits per heavy atom. The molecule has 2 atom stereocenters. The van der Waals surface area contributed by atoms with E-state index in [9.17, 15) is 10.1 Å². The zero-order valence-electron chi connectivity index (χ0n) is 10.6. The van der Waals surface area contributed by atoms with Gasteiger partial charge in [-0.25, -0.2) is 4.98 Å². The van der Waals surface area contributed by atoms with Crippen molar-refractivity contribution in [3.8, 4) is 0 Å². The number of rotatable bonds is 4. The highest BCUT2D eigenvalue weighted by Gasteiger charge is 2.38. The molecule has 0 saturated heterocycles. The normalized spacial score (nSPS) is 20.4. The Kier molecular flexibility index (Phi) is 2.94. The molecular formula is C13H13N5O2. The van der Waals surface area contributed by atoms with Gasteiger partial charge in [0.05, 0.1) is 4.92 Å². The van der Waals surface area contributed by atoms with Crippen LogP contribution in [0.15, 0.2) is 36.5 Å². The van der Waals surface area contributed by atoms with Crippen molar-refractivity contribution >= 4 is 17.5 Å². The SMILES string of the molecule is Nc1nc(NC2CC2c2ccccc2)ncc1[N+](=O)[O-]. The fourth-order valence-corrected chi connectivity index (χ4v) is 2.19. The minimum absolute atomic E-state index is 0.121. The Balaban J connectivity index is 1.68. The van der Waals surface area contributed by atoms with Crippen LogP contribution in [-0.4, -0.2) is 20.9 Å². The van der Waals surface area contributed by atoms with Crippen LogP contribution in [0.1, 0.15) is 17.9 Å². The standard InChI is InChI=1S/C13H13N5O2/c14-12-11(18(19)20)7-15-13(17-12)16-10-6-9(10)8-4-2-1-3-5-8/h1-5,7,9-10H,6H2,(H3,14,15,16,17). The fourth-order valence-electron chi connectivity index (χ4n) is 2.19. The van der Waals surface area contributed by atoms with Gasteiger partial charge in [-0.15, -0.1) is 0 Å². The Hall–Kier alpha value is -2.70. The first-order chi connectivity index (χ1) is 9.65. The van der Waals surface area contributed by atoms with Gasteiger partial charge < -0.3 is 11.1 Å². The minimum Gasteiger partial charge on any atom is -0.378 e. The molecule has 0 amide bonds. The largest absolute Gasteiger partial charge is 0.378 e. The van der Waals surface area contributed by atoms with E-state index in [-0.39, 0.29) is 17.5 Å². The van der Waals surface area contributed by atoms with E-state index in [0.717, 1.165) is 12.6 Å². The van der Waals surface area contributed by atoms with E-state index in [1.165, 1.54) is 5.56 Å². The van der Waals surface area contributed by atoms with E-state index >= 15 is 0 Å². The van der Waals surface area contributed by atoms with Crippen LogP contribution < -0.4 is 11.1 Å². The number of nitrogens with one attached hydrogen (secondary N) is 1. The molecule has 1 aliphatic carbocycles. The molecule has 7 nitrogen and oxygen atoms in total. The maximum absolute atomic E-state index is 10.6. The van der Waals surface area contributed by atoms with Crippen molar-refractivity contribution in [3.05, 3.63) is 52.2 Å². The number of benzene rings is 1. The van der Waals surface area contributed by atoms with E-state index in [1.807, 2.05) is 18.2 Å². The Labute approximate surface area is 115 Å². The second-order valence-electron chi connectivity index (χ2n) is 4.72. The van der Waals surface area contributed by atoms with Crippen LogP contribution in [0, 0.1) is 10.1 Å². The van der Waals surface area contributed by atoms with Gasteiger partial charge in [0, 0.05) is 12.0 Å². The molecule has 2 aromatic rings. The van der Waals surface area contributed by atoms with Crippen molar-refractivity contribution in [1.29, 1.82) is 0 Å². The van der Waals surface area contributed by atoms with Gasteiger partial charge in [-0.05, 0) is 12.0 Å². The summed E-state index contributed by atoms with van der Waals surface area (Å²) in [5, 5.41) is 13.8. The number of nitrogens with two attached hydrogens (primary N) is 1. The summed E-state index contributed by atoms with van der Waals surface area (Å²) >= 11 is 0. The molecule has 1 saturated carbocycles. The van der Waals surface area contributed by atoms with Crippen LogP contribution in [0.4, 0.5) is 17.5 Å². The zero-order valence-corrected chi connectivity index (χ0v) is 10.6. The summed E-state index contributed by atoms with van der Waals surface area (Å²) in [6, 6.07) is 10.4. The third-order valence-electron chi connectivity index (χ3n) is 3.33. The lowest BCUT2D eigenvalue weighted by Crippen LogP contribution is -2.10. The van der Waals surface area contributed by atoms with Crippen LogP contribution in [0.3, 0.4) is 0 Å². The van der Waals surface area contributed by atoms with Crippen LogP contribution >= 0.6 is 0 Å². The lowest BCUT2D eigenvalue weighted by Gasteiger charge is -2.05. The summed E-state index contributed by atoms with van der Waals surface area (Å²) in [6.45, 7) is 0. The minimum atomic E-state index is -0.594. The van der Waals surface area contributed by atoms with Crippen molar-refractivity contribution in [2.24, 2.45) is 0 Å². The predicted octanol–water partition coefficient (Wildman–Crippen LogP) is 1.94. The molecule has 0 radical (unpaired) electrons. The summed E-state index contributed by atoms with van der Waals surface area (Å²) in [5.41, 5.74) is 6.52. The molecule has 3 N–H and O–H groups in total. The number of aromatic nitrogens is 2. The molecule has 3 rings (SSSR count). The van der Waals surface area contributed by atoms with E-state index in [0.29, 0.717) is 11.9 Å². The molecule has 1 heterocycles. The molecule has 1 fully saturated rings. The van der Waals surface area contributed by atoms with Crippen LogP contribution in [0.2, 0.25) is 0 Å². The first kappa shape index (κ1) is 12.3. The average Bonchev–Trinajstić information content (AvgIpc) is 3.18. The quantitative estimate of drug-likeness (QED) is 0.650. The van der Waals surface area contributed by atoms with Crippen molar-refractivity contribution in [3.63, 3.8) is 0 Å². The number of hydrogen-bond donors (Lipinski definition) is 2. The van der Waals surface area contributed by atoms with Gasteiger partial charge in [0.2, 0.25) is 11.8 Å². The van der Waals surface area contributed by atoms with Gasteiger partial charge in [0.1, 0.15) is 6.20 Å². The van der Waals surface area contributed by atoms with Crippen LogP contribution in [-0.2, 0) is 0 Å². The molecule has 0 bridgehead atoms. The van der Waals surface area contributed by atoms with E-state index < -0.39 is 4.92 Å². The maximum atomic E-state index is 10.6. The first-order valence-corrected chi connectivity index (χ1v) is 6.23. The number of nitrogen functional groups attached to an aromatic ring is 1. The van der Waals surface area contributed by atoms with Gasteiger partial charge in [-0.1, -0.05) is 30.3 Å². The second kappa shape index (κ2) is 4.76. The Bertz CT molecular complexity index is 646. The van der Waals surface area contributed by atoms with Crippen molar-refractivity contribution < 1.29 is 4.92 Å². The van der Waals surface area contributed by atoms with Gasteiger partial charge in [0.15, 0.2) is 0 Å². The Morgan fingerprint density at radius 2 is 2.10 bits per heavy atom. The summed E-state index contributed by atoms with van der Waals surface area (Å²) < 4.78 is 0. The molecule has 20 heavy (non-hydrogen) atoms. The lowest BCUT2D eigenvalue weighted by molar-refractivity contribution is -0.384. The zero-order chi connectivity index (χ0) is 14.1. The number of anilines is 2. The summed E-state index contributed by atoms with van der Waals surface area (Å²) in [4.78, 5) is 17.9. The average molecular weight is 271 g/mol. The van der Waals surface area contributed by atoms with Crippen molar-refractivity contribution in [1.82, 2.24) is 9.97 Å². The molecule has 102 valence electrons. The molecule has 0 spiro atoms. The molecular weight excluding hydrogens is 258 g/mol. The topological polar surface area (TPSA) is 107 Å². The molecule has 1 aromatic heterocycles. The van der Waals surface area contributed by atoms with Gasteiger partial charge >= 0.3 is 5.69 Å². The van der Waals surface area contributed by atoms with E-state index in [4.69, 9.17) is 5.73 Å². The summed E-state index contributed by atoms with van der Waals surface area (Å²) in [5.74, 6) is 0.636. The molecule has 7 heteroatoms. The summed E-state index contributed by atoms with van der Waals surface area (Å²) in [6.07, 6.45) is 2.12. The lowest BCUT2D eigenvalue weighted by atomic mass is 10.1. The van der Waals surface area contributed by atoms with Gasteiger partial charge in [-0.2, -0.15) is 4.98 Å². The third kappa shape index (κ3) is 2.37. The van der Waals surface area contributed by atoms with Crippen LogP contribution in [0.5, 0.6) is 0 Å². The molecule has 0 aliphatic heterocycles. The smallest absolute Gasteiger partial charge is 0.329 e. The van der Waals surface area contributed by atoms with E-state index in [2.05, 4.69) is 27.4 Å². The first-order valence-electron chi connectivity index (χ1n) is 6.23. The molecule has 1 aliphatic rings. The number of nitro groups is 1. The Morgan fingerprint density at radius 3 is 2.75 bits per heavy atom. The van der Waals surface area contributed by atoms with Crippen molar-refractivity contribution in [2.75, 3.05) is 11.1 Å². The van der Waals surface area contributed by atoms with Gasteiger partial charge in [0.25, 0.3) is 0 Å². The maximum Gasteiger partial charge on any atom is 0.329 e. The number of hydrogen-bond acceptors (Lipinski definition) is 6. The number of nitrogens with zero attached hydrogens (tertiary/aromatic N) is 3. The highest BCUT2D eigenvalue weighted by atomic mass is 16.6. The monoisotopic (exact) mass is 271 g/mol. The van der Waals surface area contributed by atoms with Crippen molar-refractivity contribution in [2.45, 2.75) is 18.4 Å².